The van der Waals surface area contributed by atoms with Crippen molar-refractivity contribution in [2.45, 2.75) is 25.9 Å². The van der Waals surface area contributed by atoms with Crippen molar-refractivity contribution in [2.75, 3.05) is 18.1 Å². The number of anilines is 1. The molecule has 0 fully saturated rings. The Morgan fingerprint density at radius 1 is 1.45 bits per heavy atom. The Balaban J connectivity index is 1.82. The molecule has 0 aliphatic carbocycles. The summed E-state index contributed by atoms with van der Waals surface area (Å²) in [6, 6.07) is 8.21. The van der Waals surface area contributed by atoms with E-state index in [2.05, 4.69) is 27.4 Å². The molecule has 1 aromatic heterocycles. The first-order valence-electron chi connectivity index (χ1n) is 6.90. The minimum Gasteiger partial charge on any atom is -0.491 e. The summed E-state index contributed by atoms with van der Waals surface area (Å²) in [6.45, 7) is 4.54. The van der Waals surface area contributed by atoms with Gasteiger partial charge in [0.15, 0.2) is 0 Å². The third kappa shape index (κ3) is 2.78. The van der Waals surface area contributed by atoms with Crippen molar-refractivity contribution in [2.24, 2.45) is 5.73 Å². The number of nitrogens with two attached hydrogens (primary N) is 1. The van der Waals surface area contributed by atoms with Gasteiger partial charge in [0.1, 0.15) is 10.8 Å². The average molecular weight is 289 g/mol. The van der Waals surface area contributed by atoms with E-state index < -0.39 is 0 Å². The molecule has 0 saturated heterocycles. The van der Waals surface area contributed by atoms with Gasteiger partial charge in [-0.05, 0) is 25.5 Å². The topological polar surface area (TPSA) is 51.4 Å². The second-order valence-electron chi connectivity index (χ2n) is 5.06. The molecule has 1 aliphatic heterocycles. The molecule has 20 heavy (non-hydrogen) atoms. The van der Waals surface area contributed by atoms with Crippen molar-refractivity contribution < 1.29 is 4.74 Å². The number of hydrogen-bond donors (Lipinski definition) is 1. The van der Waals surface area contributed by atoms with Crippen molar-refractivity contribution in [3.05, 3.63) is 40.3 Å². The van der Waals surface area contributed by atoms with Crippen LogP contribution in [-0.4, -0.2) is 18.1 Å². The van der Waals surface area contributed by atoms with Crippen LogP contribution in [0.3, 0.4) is 0 Å². The molecule has 106 valence electrons. The summed E-state index contributed by atoms with van der Waals surface area (Å²) in [5.74, 6) is 0.965. The number of benzene rings is 1. The maximum atomic E-state index is 5.88. The van der Waals surface area contributed by atoms with Gasteiger partial charge in [0.05, 0.1) is 30.6 Å². The van der Waals surface area contributed by atoms with Gasteiger partial charge < -0.3 is 15.4 Å². The molecule has 0 spiro atoms. The molecular weight excluding hydrogens is 270 g/mol. The van der Waals surface area contributed by atoms with Crippen LogP contribution >= 0.6 is 11.3 Å². The Morgan fingerprint density at radius 2 is 2.30 bits per heavy atom. The average Bonchev–Trinajstić information content (AvgIpc) is 2.82. The molecule has 1 unspecified atom stereocenters. The molecule has 0 amide bonds. The fourth-order valence-electron chi connectivity index (χ4n) is 2.36. The summed E-state index contributed by atoms with van der Waals surface area (Å²) in [5.41, 5.74) is 8.11. The van der Waals surface area contributed by atoms with Crippen LogP contribution in [0.1, 0.15) is 30.1 Å². The Bertz CT molecular complexity index is 582. The lowest BCUT2D eigenvalue weighted by molar-refractivity contribution is 0.322. The molecule has 1 aromatic carbocycles. The Labute approximate surface area is 123 Å². The maximum absolute atomic E-state index is 5.88. The van der Waals surface area contributed by atoms with E-state index in [9.17, 15) is 0 Å². The molecule has 2 heterocycles. The predicted octanol–water partition coefficient (Wildman–Crippen LogP) is 2.95. The zero-order chi connectivity index (χ0) is 13.9. The lowest BCUT2D eigenvalue weighted by Crippen LogP contribution is -2.23. The van der Waals surface area contributed by atoms with E-state index in [1.165, 1.54) is 0 Å². The zero-order valence-corrected chi connectivity index (χ0v) is 12.4. The molecular formula is C15H19N3OS. The highest BCUT2D eigenvalue weighted by Gasteiger charge is 2.17. The minimum absolute atomic E-state index is 0.00787. The van der Waals surface area contributed by atoms with Crippen LogP contribution in [0.25, 0.3) is 0 Å². The molecule has 3 rings (SSSR count). The largest absolute Gasteiger partial charge is 0.491 e. The quantitative estimate of drug-likeness (QED) is 0.944. The second kappa shape index (κ2) is 5.81. The molecule has 0 radical (unpaired) electrons. The van der Waals surface area contributed by atoms with E-state index in [1.807, 2.05) is 19.1 Å². The minimum atomic E-state index is 0.00787. The molecule has 0 saturated carbocycles. The van der Waals surface area contributed by atoms with Gasteiger partial charge in [0.25, 0.3) is 0 Å². The fourth-order valence-corrected chi connectivity index (χ4v) is 3.13. The molecule has 1 atom stereocenters. The Kier molecular flexibility index (Phi) is 3.89. The summed E-state index contributed by atoms with van der Waals surface area (Å²) >= 11 is 1.64. The highest BCUT2D eigenvalue weighted by atomic mass is 32.1. The number of nitrogens with zero attached hydrogens (tertiary/aromatic N) is 2. The van der Waals surface area contributed by atoms with Gasteiger partial charge in [-0.25, -0.2) is 4.98 Å². The third-order valence-corrected chi connectivity index (χ3v) is 4.44. The third-order valence-electron chi connectivity index (χ3n) is 3.35. The van der Waals surface area contributed by atoms with Crippen molar-refractivity contribution in [1.29, 1.82) is 0 Å². The standard InChI is InChI=1S/C15H19N3OS/c1-11(16)15-17-12(10-20-15)9-18-7-4-8-19-14-6-3-2-5-13(14)18/h2-3,5-6,10-11H,4,7-9,16H2,1H3. The zero-order valence-electron chi connectivity index (χ0n) is 11.6. The van der Waals surface area contributed by atoms with Gasteiger partial charge >= 0.3 is 0 Å². The second-order valence-corrected chi connectivity index (χ2v) is 5.95. The molecule has 2 N–H and O–H groups in total. The van der Waals surface area contributed by atoms with Gasteiger partial charge in [0, 0.05) is 11.9 Å². The highest BCUT2D eigenvalue weighted by molar-refractivity contribution is 7.09. The normalized spacial score (nSPS) is 16.2. The first-order chi connectivity index (χ1) is 9.74. The van der Waals surface area contributed by atoms with Crippen LogP contribution in [0.2, 0.25) is 0 Å². The number of thiazole rings is 1. The molecule has 4 nitrogen and oxygen atoms in total. The van der Waals surface area contributed by atoms with E-state index >= 15 is 0 Å². The van der Waals surface area contributed by atoms with Gasteiger partial charge in [-0.15, -0.1) is 11.3 Å². The van der Waals surface area contributed by atoms with Crippen molar-refractivity contribution in [3.8, 4) is 5.75 Å². The lowest BCUT2D eigenvalue weighted by Gasteiger charge is -2.22. The van der Waals surface area contributed by atoms with E-state index in [-0.39, 0.29) is 6.04 Å². The van der Waals surface area contributed by atoms with Crippen molar-refractivity contribution in [3.63, 3.8) is 0 Å². The van der Waals surface area contributed by atoms with Gasteiger partial charge in [-0.1, -0.05) is 12.1 Å². The summed E-state index contributed by atoms with van der Waals surface area (Å²) in [4.78, 5) is 6.95. The van der Waals surface area contributed by atoms with E-state index in [1.54, 1.807) is 11.3 Å². The SMILES string of the molecule is CC(N)c1nc(CN2CCCOc3ccccc32)cs1. The summed E-state index contributed by atoms with van der Waals surface area (Å²) < 4.78 is 5.78. The van der Waals surface area contributed by atoms with E-state index in [0.29, 0.717) is 0 Å². The molecule has 2 aromatic rings. The monoisotopic (exact) mass is 289 g/mol. The number of rotatable bonds is 3. The van der Waals surface area contributed by atoms with Crippen LogP contribution in [0.4, 0.5) is 5.69 Å². The van der Waals surface area contributed by atoms with Gasteiger partial charge in [0.2, 0.25) is 0 Å². The number of hydrogen-bond acceptors (Lipinski definition) is 5. The summed E-state index contributed by atoms with van der Waals surface area (Å²) in [5, 5.41) is 3.10. The van der Waals surface area contributed by atoms with Crippen molar-refractivity contribution in [1.82, 2.24) is 4.98 Å². The van der Waals surface area contributed by atoms with Crippen LogP contribution in [0, 0.1) is 0 Å². The fraction of sp³-hybridized carbons (Fsp3) is 0.400. The Morgan fingerprint density at radius 3 is 3.10 bits per heavy atom. The van der Waals surface area contributed by atoms with Crippen LogP contribution in [-0.2, 0) is 6.54 Å². The molecule has 0 bridgehead atoms. The number of fused-ring (bicyclic) bond motifs is 1. The Hall–Kier alpha value is -1.59. The molecule has 1 aliphatic rings. The summed E-state index contributed by atoms with van der Waals surface area (Å²) in [6.07, 6.45) is 1.03. The first-order valence-corrected chi connectivity index (χ1v) is 7.78. The summed E-state index contributed by atoms with van der Waals surface area (Å²) in [7, 11) is 0. The van der Waals surface area contributed by atoms with Gasteiger partial charge in [-0.2, -0.15) is 0 Å². The maximum Gasteiger partial charge on any atom is 0.142 e. The van der Waals surface area contributed by atoms with Crippen LogP contribution in [0.5, 0.6) is 5.75 Å². The lowest BCUT2D eigenvalue weighted by atomic mass is 10.2. The van der Waals surface area contributed by atoms with Crippen molar-refractivity contribution >= 4 is 17.0 Å². The number of aromatic nitrogens is 1. The first kappa shape index (κ1) is 13.4. The van der Waals surface area contributed by atoms with E-state index in [4.69, 9.17) is 10.5 Å². The molecule has 5 heteroatoms. The van der Waals surface area contributed by atoms with Gasteiger partial charge in [-0.3, -0.25) is 0 Å². The highest BCUT2D eigenvalue weighted by Crippen LogP contribution is 2.31. The van der Waals surface area contributed by atoms with Crippen LogP contribution in [0.15, 0.2) is 29.6 Å². The number of ether oxygens (including phenoxy) is 1. The van der Waals surface area contributed by atoms with E-state index in [0.717, 1.165) is 48.3 Å². The number of para-hydroxylation sites is 2. The smallest absolute Gasteiger partial charge is 0.142 e. The predicted molar refractivity (Wildman–Crippen MR) is 82.3 cm³/mol. The van der Waals surface area contributed by atoms with Crippen LogP contribution < -0.4 is 15.4 Å².